The maximum absolute atomic E-state index is 12.1. The lowest BCUT2D eigenvalue weighted by Crippen LogP contribution is -2.40. The van der Waals surface area contributed by atoms with Gasteiger partial charge < -0.3 is 4.90 Å². The van der Waals surface area contributed by atoms with E-state index in [4.69, 9.17) is 0 Å². The number of aromatic nitrogens is 2. The van der Waals surface area contributed by atoms with E-state index in [1.807, 2.05) is 13.8 Å². The van der Waals surface area contributed by atoms with E-state index in [1.54, 1.807) is 4.90 Å². The average Bonchev–Trinajstić information content (AvgIpc) is 3.18. The Morgan fingerprint density at radius 2 is 2.11 bits per heavy atom. The molecule has 6 heteroatoms. The summed E-state index contributed by atoms with van der Waals surface area (Å²) in [5.41, 5.74) is -0.380. The summed E-state index contributed by atoms with van der Waals surface area (Å²) in [4.78, 5) is 39.3. The standard InChI is InChI=1S/C13H19N3O3/c1-3-9-7-15(13(19)14-12(9)18)8-11(17)16(4-2)10-5-6-10/h7,10H,3-6,8H2,1-2H3,(H,14,18,19). The highest BCUT2D eigenvalue weighted by atomic mass is 16.2. The molecule has 1 saturated carbocycles. The minimum Gasteiger partial charge on any atom is -0.338 e. The monoisotopic (exact) mass is 265 g/mol. The number of hydrogen-bond acceptors (Lipinski definition) is 3. The van der Waals surface area contributed by atoms with Gasteiger partial charge in [0.1, 0.15) is 6.54 Å². The second-order valence-corrected chi connectivity index (χ2v) is 4.81. The van der Waals surface area contributed by atoms with Crippen molar-refractivity contribution in [3.05, 3.63) is 32.6 Å². The van der Waals surface area contributed by atoms with Gasteiger partial charge in [0.05, 0.1) is 0 Å². The molecular weight excluding hydrogens is 246 g/mol. The zero-order valence-corrected chi connectivity index (χ0v) is 11.3. The quantitative estimate of drug-likeness (QED) is 0.821. The van der Waals surface area contributed by atoms with Gasteiger partial charge in [-0.05, 0) is 26.2 Å². The fraction of sp³-hybridized carbons (Fsp3) is 0.615. The molecule has 0 spiro atoms. The second-order valence-electron chi connectivity index (χ2n) is 4.81. The lowest BCUT2D eigenvalue weighted by molar-refractivity contribution is -0.132. The molecule has 0 atom stereocenters. The zero-order chi connectivity index (χ0) is 14.0. The van der Waals surface area contributed by atoms with E-state index in [2.05, 4.69) is 4.98 Å². The molecule has 104 valence electrons. The molecule has 1 aromatic heterocycles. The maximum atomic E-state index is 12.1. The summed E-state index contributed by atoms with van der Waals surface area (Å²) in [6, 6.07) is 0.335. The number of nitrogens with one attached hydrogen (secondary N) is 1. The van der Waals surface area contributed by atoms with Gasteiger partial charge in [-0.25, -0.2) is 4.79 Å². The number of hydrogen-bond donors (Lipinski definition) is 1. The number of rotatable bonds is 5. The van der Waals surface area contributed by atoms with Crippen LogP contribution in [0.5, 0.6) is 0 Å². The predicted molar refractivity (Wildman–Crippen MR) is 71.1 cm³/mol. The number of carbonyl (C=O) groups is 1. The number of aryl methyl sites for hydroxylation is 1. The molecule has 0 radical (unpaired) electrons. The molecule has 0 aliphatic heterocycles. The zero-order valence-electron chi connectivity index (χ0n) is 11.3. The molecule has 0 saturated heterocycles. The number of nitrogens with zero attached hydrogens (tertiary/aromatic N) is 2. The van der Waals surface area contributed by atoms with Crippen LogP contribution in [0.4, 0.5) is 0 Å². The number of aromatic amines is 1. The molecule has 19 heavy (non-hydrogen) atoms. The molecule has 1 amide bonds. The fourth-order valence-corrected chi connectivity index (χ4v) is 2.18. The Balaban J connectivity index is 2.20. The van der Waals surface area contributed by atoms with Gasteiger partial charge in [-0.1, -0.05) is 6.92 Å². The van der Waals surface area contributed by atoms with Crippen molar-refractivity contribution in [2.45, 2.75) is 45.7 Å². The first-order valence-electron chi connectivity index (χ1n) is 6.68. The average molecular weight is 265 g/mol. The van der Waals surface area contributed by atoms with E-state index in [-0.39, 0.29) is 18.0 Å². The Labute approximate surface area is 111 Å². The van der Waals surface area contributed by atoms with Crippen LogP contribution in [0.3, 0.4) is 0 Å². The van der Waals surface area contributed by atoms with Gasteiger partial charge in [-0.2, -0.15) is 0 Å². The molecular formula is C13H19N3O3. The van der Waals surface area contributed by atoms with Crippen LogP contribution < -0.4 is 11.2 Å². The minimum absolute atomic E-state index is 0.00699. The molecule has 0 aromatic carbocycles. The first-order valence-corrected chi connectivity index (χ1v) is 6.68. The fourth-order valence-electron chi connectivity index (χ4n) is 2.18. The topological polar surface area (TPSA) is 75.2 Å². The third kappa shape index (κ3) is 2.94. The van der Waals surface area contributed by atoms with Crippen LogP contribution in [-0.2, 0) is 17.8 Å². The lowest BCUT2D eigenvalue weighted by Gasteiger charge is -2.20. The largest absolute Gasteiger partial charge is 0.338 e. The lowest BCUT2D eigenvalue weighted by atomic mass is 10.2. The van der Waals surface area contributed by atoms with Crippen molar-refractivity contribution in [2.24, 2.45) is 0 Å². The highest BCUT2D eigenvalue weighted by Gasteiger charge is 2.31. The van der Waals surface area contributed by atoms with Gasteiger partial charge in [0, 0.05) is 24.3 Å². The number of carbonyl (C=O) groups excluding carboxylic acids is 1. The highest BCUT2D eigenvalue weighted by Crippen LogP contribution is 2.26. The summed E-state index contributed by atoms with van der Waals surface area (Å²) < 4.78 is 1.29. The number of likely N-dealkylation sites (N-methyl/N-ethyl adjacent to an activating group) is 1. The molecule has 1 heterocycles. The van der Waals surface area contributed by atoms with Crippen LogP contribution in [0.15, 0.2) is 15.8 Å². The van der Waals surface area contributed by atoms with Crippen molar-refractivity contribution in [2.75, 3.05) is 6.54 Å². The highest BCUT2D eigenvalue weighted by molar-refractivity contribution is 5.76. The van der Waals surface area contributed by atoms with E-state index in [0.29, 0.717) is 24.6 Å². The van der Waals surface area contributed by atoms with Crippen LogP contribution >= 0.6 is 0 Å². The summed E-state index contributed by atoms with van der Waals surface area (Å²) >= 11 is 0. The summed E-state index contributed by atoms with van der Waals surface area (Å²) in [6.45, 7) is 4.42. The SMILES string of the molecule is CCc1cn(CC(=O)N(CC)C2CC2)c(=O)[nH]c1=O. The molecule has 0 bridgehead atoms. The van der Waals surface area contributed by atoms with Crippen molar-refractivity contribution >= 4 is 5.91 Å². The Hall–Kier alpha value is -1.85. The van der Waals surface area contributed by atoms with Gasteiger partial charge in [-0.3, -0.25) is 19.1 Å². The van der Waals surface area contributed by atoms with Crippen molar-refractivity contribution in [1.82, 2.24) is 14.5 Å². The molecule has 2 rings (SSSR count). The van der Waals surface area contributed by atoms with Crippen molar-refractivity contribution in [1.29, 1.82) is 0 Å². The van der Waals surface area contributed by atoms with Crippen LogP contribution in [0, 0.1) is 0 Å². The van der Waals surface area contributed by atoms with Gasteiger partial charge in [0.25, 0.3) is 5.56 Å². The third-order valence-corrected chi connectivity index (χ3v) is 3.42. The summed E-state index contributed by atoms with van der Waals surface area (Å²) in [5.74, 6) is -0.0683. The third-order valence-electron chi connectivity index (χ3n) is 3.42. The smallest absolute Gasteiger partial charge is 0.328 e. The van der Waals surface area contributed by atoms with Crippen LogP contribution in [0.25, 0.3) is 0 Å². The molecule has 1 aliphatic rings. The van der Waals surface area contributed by atoms with Gasteiger partial charge in [0.15, 0.2) is 0 Å². The van der Waals surface area contributed by atoms with E-state index in [9.17, 15) is 14.4 Å². The van der Waals surface area contributed by atoms with Crippen molar-refractivity contribution in [3.63, 3.8) is 0 Å². The van der Waals surface area contributed by atoms with Crippen LogP contribution in [0.1, 0.15) is 32.3 Å². The van der Waals surface area contributed by atoms with Crippen LogP contribution in [0.2, 0.25) is 0 Å². The van der Waals surface area contributed by atoms with E-state index < -0.39 is 5.69 Å². The van der Waals surface area contributed by atoms with Gasteiger partial charge in [0.2, 0.25) is 5.91 Å². The Bertz CT molecular complexity index is 584. The number of H-pyrrole nitrogens is 1. The first kappa shape index (κ1) is 13.6. The maximum Gasteiger partial charge on any atom is 0.328 e. The van der Waals surface area contributed by atoms with Gasteiger partial charge >= 0.3 is 5.69 Å². The Kier molecular flexibility index (Phi) is 3.87. The van der Waals surface area contributed by atoms with E-state index in [1.165, 1.54) is 10.8 Å². The van der Waals surface area contributed by atoms with Crippen molar-refractivity contribution in [3.8, 4) is 0 Å². The van der Waals surface area contributed by atoms with E-state index in [0.717, 1.165) is 12.8 Å². The summed E-state index contributed by atoms with van der Waals surface area (Å²) in [6.07, 6.45) is 4.10. The Morgan fingerprint density at radius 3 is 2.63 bits per heavy atom. The predicted octanol–water partition coefficient (Wildman–Crippen LogP) is 0.110. The minimum atomic E-state index is -0.526. The van der Waals surface area contributed by atoms with E-state index >= 15 is 0 Å². The molecule has 1 N–H and O–H groups in total. The molecule has 6 nitrogen and oxygen atoms in total. The normalized spacial score (nSPS) is 14.4. The van der Waals surface area contributed by atoms with Gasteiger partial charge in [-0.15, -0.1) is 0 Å². The molecule has 1 fully saturated rings. The Morgan fingerprint density at radius 1 is 1.42 bits per heavy atom. The van der Waals surface area contributed by atoms with Crippen molar-refractivity contribution < 1.29 is 4.79 Å². The molecule has 1 aromatic rings. The second kappa shape index (κ2) is 5.42. The molecule has 1 aliphatic carbocycles. The summed E-state index contributed by atoms with van der Waals surface area (Å²) in [5, 5.41) is 0. The molecule has 0 unspecified atom stereocenters. The number of amides is 1. The van der Waals surface area contributed by atoms with Crippen LogP contribution in [-0.4, -0.2) is 32.9 Å². The first-order chi connectivity index (χ1) is 9.06. The summed E-state index contributed by atoms with van der Waals surface area (Å²) in [7, 11) is 0.